The highest BCUT2D eigenvalue weighted by Gasteiger charge is 2.63. The van der Waals surface area contributed by atoms with E-state index in [1.807, 2.05) is 12.2 Å². The van der Waals surface area contributed by atoms with E-state index in [4.69, 9.17) is 4.74 Å². The molecule has 0 aromatic carbocycles. The molecule has 1 spiro atoms. The van der Waals surface area contributed by atoms with Crippen molar-refractivity contribution >= 4 is 5.78 Å². The quantitative estimate of drug-likeness (QED) is 0.535. The van der Waals surface area contributed by atoms with Gasteiger partial charge in [-0.1, -0.05) is 39.3 Å². The lowest BCUT2D eigenvalue weighted by Gasteiger charge is -2.59. The maximum absolute atomic E-state index is 12.0. The zero-order chi connectivity index (χ0) is 20.4. The van der Waals surface area contributed by atoms with Crippen molar-refractivity contribution in [3.05, 3.63) is 35.6 Å². The molecule has 0 bridgehead atoms. The molecule has 1 heterocycles. The van der Waals surface area contributed by atoms with E-state index in [1.54, 1.807) is 0 Å². The molecule has 0 radical (unpaired) electrons. The molecule has 3 saturated carbocycles. The second-order valence-corrected chi connectivity index (χ2v) is 11.4. The summed E-state index contributed by atoms with van der Waals surface area (Å²) >= 11 is 0. The first-order valence-corrected chi connectivity index (χ1v) is 12.1. The normalized spacial score (nSPS) is 47.2. The lowest BCUT2D eigenvalue weighted by molar-refractivity contribution is -0.117. The molecule has 2 nitrogen and oxygen atoms in total. The first-order chi connectivity index (χ1) is 13.8. The highest BCUT2D eigenvalue weighted by molar-refractivity contribution is 6.01. The van der Waals surface area contributed by atoms with E-state index in [0.29, 0.717) is 23.2 Å². The Balaban J connectivity index is 1.41. The Labute approximate surface area is 176 Å². The maximum atomic E-state index is 12.0. The van der Waals surface area contributed by atoms with Gasteiger partial charge in [-0.15, -0.1) is 0 Å². The number of carbonyl (C=O) groups is 1. The fourth-order valence-electron chi connectivity index (χ4n) is 8.23. The van der Waals surface area contributed by atoms with Gasteiger partial charge in [-0.2, -0.15) is 0 Å². The van der Waals surface area contributed by atoms with Crippen LogP contribution in [0.5, 0.6) is 0 Å². The highest BCUT2D eigenvalue weighted by Crippen LogP contribution is 2.68. The Morgan fingerprint density at radius 3 is 2.76 bits per heavy atom. The summed E-state index contributed by atoms with van der Waals surface area (Å²) in [6.07, 6.45) is 17.3. The summed E-state index contributed by atoms with van der Waals surface area (Å²) in [6.45, 7) is 10.4. The van der Waals surface area contributed by atoms with Crippen LogP contribution in [0, 0.1) is 46.3 Å². The van der Waals surface area contributed by atoms with Crippen molar-refractivity contribution in [1.29, 1.82) is 0 Å². The molecule has 7 atom stereocenters. The fourth-order valence-corrected chi connectivity index (χ4v) is 8.23. The van der Waals surface area contributed by atoms with Gasteiger partial charge in [0, 0.05) is 16.7 Å². The first-order valence-electron chi connectivity index (χ1n) is 12.1. The number of fused-ring (bicyclic) bond motifs is 4. The van der Waals surface area contributed by atoms with Crippen LogP contribution in [0.4, 0.5) is 0 Å². The molecule has 0 unspecified atom stereocenters. The SMILES string of the molecule is CC(C)C/C=C1/OC[C@]23CC[C@H]4[C@@H](CCC5=CC(=O)C=C[C@]54C)[C@@H]2CC[C@@H]3[C@@H]1C. The minimum atomic E-state index is 0.111. The topological polar surface area (TPSA) is 26.3 Å². The third-order valence-corrected chi connectivity index (χ3v) is 9.69. The molecule has 0 aromatic rings. The number of hydrogen-bond acceptors (Lipinski definition) is 2. The van der Waals surface area contributed by atoms with Gasteiger partial charge in [-0.3, -0.25) is 4.79 Å². The average Bonchev–Trinajstić information content (AvgIpc) is 3.08. The Morgan fingerprint density at radius 2 is 1.97 bits per heavy atom. The molecular weight excluding hydrogens is 356 g/mol. The van der Waals surface area contributed by atoms with Crippen LogP contribution in [0.25, 0.3) is 0 Å². The summed E-state index contributed by atoms with van der Waals surface area (Å²) in [6, 6.07) is 0. The Morgan fingerprint density at radius 1 is 1.17 bits per heavy atom. The minimum Gasteiger partial charge on any atom is -0.497 e. The third-order valence-electron chi connectivity index (χ3n) is 9.69. The summed E-state index contributed by atoms with van der Waals surface area (Å²) in [5, 5.41) is 0. The number of rotatable bonds is 2. The standard InChI is InChI=1S/C27H38O2/c1-17(2)5-10-25-18(3)22-8-9-24-21-7-6-19-15-20(28)11-13-26(19,4)23(21)12-14-27(22,24)16-29-25/h10-11,13,15,17-18,21-24H,5-9,12,14,16H2,1-4H3/b25-10+/t18-,21+,22+,23-,24-,26+,27-/m0/s1. The lowest BCUT2D eigenvalue weighted by Crippen LogP contribution is -2.54. The van der Waals surface area contributed by atoms with E-state index in [1.165, 1.54) is 43.4 Å². The Bertz CT molecular complexity index is 786. The van der Waals surface area contributed by atoms with Crippen LogP contribution in [0.2, 0.25) is 0 Å². The van der Waals surface area contributed by atoms with E-state index in [9.17, 15) is 4.79 Å². The summed E-state index contributed by atoms with van der Waals surface area (Å²) < 4.78 is 6.53. The van der Waals surface area contributed by atoms with Gasteiger partial charge in [0.25, 0.3) is 0 Å². The smallest absolute Gasteiger partial charge is 0.178 e. The highest BCUT2D eigenvalue weighted by atomic mass is 16.5. The molecule has 5 rings (SSSR count). The molecule has 0 aromatic heterocycles. The van der Waals surface area contributed by atoms with Crippen LogP contribution >= 0.6 is 0 Å². The number of hydrogen-bond donors (Lipinski definition) is 0. The van der Waals surface area contributed by atoms with Crippen molar-refractivity contribution in [1.82, 2.24) is 0 Å². The fraction of sp³-hybridized carbons (Fsp3) is 0.741. The van der Waals surface area contributed by atoms with E-state index >= 15 is 0 Å². The van der Waals surface area contributed by atoms with Gasteiger partial charge in [0.2, 0.25) is 0 Å². The molecule has 1 aliphatic heterocycles. The Hall–Kier alpha value is -1.31. The average molecular weight is 395 g/mol. The summed E-state index contributed by atoms with van der Waals surface area (Å²) in [4.78, 5) is 12.0. The first kappa shape index (κ1) is 19.6. The monoisotopic (exact) mass is 394 g/mol. The van der Waals surface area contributed by atoms with Gasteiger partial charge in [0.15, 0.2) is 5.78 Å². The van der Waals surface area contributed by atoms with E-state index in [0.717, 1.165) is 37.2 Å². The largest absolute Gasteiger partial charge is 0.497 e. The van der Waals surface area contributed by atoms with E-state index < -0.39 is 0 Å². The summed E-state index contributed by atoms with van der Waals surface area (Å²) in [5.41, 5.74) is 1.92. The van der Waals surface area contributed by atoms with Crippen LogP contribution in [0.3, 0.4) is 0 Å². The maximum Gasteiger partial charge on any atom is 0.178 e. The summed E-state index contributed by atoms with van der Waals surface area (Å²) in [7, 11) is 0. The third kappa shape index (κ3) is 2.84. The van der Waals surface area contributed by atoms with Crippen molar-refractivity contribution in [2.45, 2.75) is 72.6 Å². The van der Waals surface area contributed by atoms with Gasteiger partial charge in [-0.25, -0.2) is 0 Å². The van der Waals surface area contributed by atoms with Crippen molar-refractivity contribution in [2.75, 3.05) is 6.61 Å². The molecule has 29 heavy (non-hydrogen) atoms. The number of carbonyl (C=O) groups excluding carboxylic acids is 1. The second kappa shape index (κ2) is 6.86. The molecule has 1 saturated heterocycles. The van der Waals surface area contributed by atoms with Crippen molar-refractivity contribution in [3.63, 3.8) is 0 Å². The van der Waals surface area contributed by atoms with Crippen LogP contribution in [0.1, 0.15) is 72.6 Å². The molecule has 4 aliphatic carbocycles. The Kier molecular flexibility index (Phi) is 4.64. The minimum absolute atomic E-state index is 0.111. The number of allylic oxidation sites excluding steroid dienone is 6. The van der Waals surface area contributed by atoms with Gasteiger partial charge in [0.1, 0.15) is 0 Å². The molecule has 4 fully saturated rings. The summed E-state index contributed by atoms with van der Waals surface area (Å²) in [5.74, 6) is 5.86. The molecule has 2 heteroatoms. The van der Waals surface area contributed by atoms with Gasteiger partial charge >= 0.3 is 0 Å². The van der Waals surface area contributed by atoms with Crippen LogP contribution in [-0.2, 0) is 9.53 Å². The second-order valence-electron chi connectivity index (χ2n) is 11.4. The van der Waals surface area contributed by atoms with Crippen molar-refractivity contribution < 1.29 is 9.53 Å². The molecular formula is C27H38O2. The predicted octanol–water partition coefficient (Wildman–Crippen LogP) is 6.49. The molecule has 0 N–H and O–H groups in total. The van der Waals surface area contributed by atoms with Gasteiger partial charge in [0.05, 0.1) is 12.4 Å². The van der Waals surface area contributed by atoms with Gasteiger partial charge in [-0.05, 0) is 92.8 Å². The molecule has 0 amide bonds. The van der Waals surface area contributed by atoms with Crippen LogP contribution in [-0.4, -0.2) is 12.4 Å². The van der Waals surface area contributed by atoms with E-state index in [2.05, 4.69) is 39.8 Å². The van der Waals surface area contributed by atoms with Gasteiger partial charge < -0.3 is 4.74 Å². The van der Waals surface area contributed by atoms with Crippen LogP contribution in [0.15, 0.2) is 35.6 Å². The molecule has 5 aliphatic rings. The van der Waals surface area contributed by atoms with Crippen molar-refractivity contribution in [3.8, 4) is 0 Å². The zero-order valence-corrected chi connectivity index (χ0v) is 18.7. The van der Waals surface area contributed by atoms with E-state index in [-0.39, 0.29) is 11.2 Å². The van der Waals surface area contributed by atoms with Crippen molar-refractivity contribution in [2.24, 2.45) is 46.3 Å². The zero-order valence-electron chi connectivity index (χ0n) is 18.7. The number of ether oxygens (including phenoxy) is 1. The number of ketones is 1. The molecule has 158 valence electrons. The van der Waals surface area contributed by atoms with Crippen LogP contribution < -0.4 is 0 Å². The predicted molar refractivity (Wildman–Crippen MR) is 117 cm³/mol. The lowest BCUT2D eigenvalue weighted by atomic mass is 9.46.